The van der Waals surface area contributed by atoms with E-state index in [0.29, 0.717) is 10.7 Å². The van der Waals surface area contributed by atoms with E-state index in [2.05, 4.69) is 10.3 Å². The number of ketones is 1. The van der Waals surface area contributed by atoms with Crippen molar-refractivity contribution in [3.63, 3.8) is 0 Å². The Hall–Kier alpha value is -3.04. The van der Waals surface area contributed by atoms with Crippen molar-refractivity contribution in [3.05, 3.63) is 59.6 Å². The van der Waals surface area contributed by atoms with Crippen LogP contribution in [0.25, 0.3) is 10.1 Å². The lowest BCUT2D eigenvalue weighted by molar-refractivity contribution is -0.117. The first-order valence-electron chi connectivity index (χ1n) is 6.83. The van der Waals surface area contributed by atoms with Crippen LogP contribution in [0.2, 0.25) is 0 Å². The number of fused-ring (bicyclic) bond motifs is 1. The summed E-state index contributed by atoms with van der Waals surface area (Å²) in [5.74, 6) is -2.26. The zero-order valence-electron chi connectivity index (χ0n) is 11.9. The Balaban J connectivity index is 1.83. The molecule has 0 aliphatic rings. The Labute approximate surface area is 136 Å². The van der Waals surface area contributed by atoms with Crippen LogP contribution < -0.4 is 5.32 Å². The summed E-state index contributed by atoms with van der Waals surface area (Å²) in [5.41, 5.74) is 0. The van der Waals surface area contributed by atoms with Crippen molar-refractivity contribution in [2.45, 2.75) is 0 Å². The average molecular weight is 321 g/mol. The van der Waals surface area contributed by atoms with Crippen LogP contribution in [-0.4, -0.2) is 16.7 Å². The van der Waals surface area contributed by atoms with E-state index in [0.717, 1.165) is 10.1 Å². The van der Waals surface area contributed by atoms with Crippen molar-refractivity contribution in [2.75, 3.05) is 5.32 Å². The van der Waals surface area contributed by atoms with E-state index >= 15 is 0 Å². The fourth-order valence-electron chi connectivity index (χ4n) is 2.12. The maximum atomic E-state index is 12.5. The second kappa shape index (κ2) is 6.38. The highest BCUT2D eigenvalue weighted by Gasteiger charge is 2.29. The number of nitrogens with one attached hydrogen (secondary N) is 1. The highest BCUT2D eigenvalue weighted by molar-refractivity contribution is 7.20. The first kappa shape index (κ1) is 14.9. The molecule has 6 heteroatoms. The smallest absolute Gasteiger partial charge is 0.250 e. The molecule has 0 saturated carbocycles. The van der Waals surface area contributed by atoms with Crippen LogP contribution in [0.5, 0.6) is 0 Å². The molecule has 1 atom stereocenters. The number of anilines is 1. The van der Waals surface area contributed by atoms with Crippen LogP contribution in [0.15, 0.2) is 54.7 Å². The molecule has 3 aromatic rings. The summed E-state index contributed by atoms with van der Waals surface area (Å²) in [5, 5.41) is 12.6. The second-order valence-corrected chi connectivity index (χ2v) is 5.86. The number of pyridine rings is 1. The van der Waals surface area contributed by atoms with E-state index in [4.69, 9.17) is 0 Å². The van der Waals surface area contributed by atoms with Gasteiger partial charge < -0.3 is 5.32 Å². The van der Waals surface area contributed by atoms with Crippen LogP contribution in [0.1, 0.15) is 9.67 Å². The summed E-state index contributed by atoms with van der Waals surface area (Å²) in [6.45, 7) is 0. The maximum absolute atomic E-state index is 12.5. The van der Waals surface area contributed by atoms with E-state index in [9.17, 15) is 14.9 Å². The number of benzene rings is 1. The molecule has 3 rings (SSSR count). The molecule has 1 unspecified atom stereocenters. The second-order valence-electron chi connectivity index (χ2n) is 4.78. The van der Waals surface area contributed by atoms with Gasteiger partial charge in [0.05, 0.1) is 10.9 Å². The topological polar surface area (TPSA) is 82.8 Å². The van der Waals surface area contributed by atoms with Gasteiger partial charge in [0.25, 0.3) is 5.91 Å². The molecule has 0 radical (unpaired) electrons. The van der Waals surface area contributed by atoms with Gasteiger partial charge in [-0.15, -0.1) is 11.3 Å². The van der Waals surface area contributed by atoms with Gasteiger partial charge in [0.2, 0.25) is 0 Å². The molecule has 2 aromatic heterocycles. The van der Waals surface area contributed by atoms with Crippen molar-refractivity contribution < 1.29 is 9.59 Å². The third-order valence-electron chi connectivity index (χ3n) is 3.24. The lowest BCUT2D eigenvalue weighted by Gasteiger charge is -2.07. The predicted octanol–water partition coefficient (Wildman–Crippen LogP) is 3.26. The average Bonchev–Trinajstić information content (AvgIpc) is 3.00. The molecule has 1 amide bonds. The standard InChI is InChI=1S/C17H11N3O2S/c18-10-12(17(22)20-15-7-3-4-8-19-15)16(21)14-9-11-5-1-2-6-13(11)23-14/h1-9,12H,(H,19,20,22). The van der Waals surface area contributed by atoms with Crippen LogP contribution in [0.3, 0.4) is 0 Å². The van der Waals surface area contributed by atoms with Gasteiger partial charge in [-0.1, -0.05) is 24.3 Å². The van der Waals surface area contributed by atoms with E-state index < -0.39 is 17.6 Å². The number of thiophene rings is 1. The molecule has 0 spiro atoms. The fraction of sp³-hybridized carbons (Fsp3) is 0.0588. The molecule has 0 aliphatic carbocycles. The van der Waals surface area contributed by atoms with Crippen LogP contribution in [0.4, 0.5) is 5.82 Å². The number of carbonyl (C=O) groups is 2. The van der Waals surface area contributed by atoms with Crippen LogP contribution in [0, 0.1) is 17.2 Å². The first-order chi connectivity index (χ1) is 11.2. The number of hydrogen-bond donors (Lipinski definition) is 1. The Kier molecular flexibility index (Phi) is 4.13. The third-order valence-corrected chi connectivity index (χ3v) is 4.37. The summed E-state index contributed by atoms with van der Waals surface area (Å²) in [4.78, 5) is 29.0. The Morgan fingerprint density at radius 1 is 1.17 bits per heavy atom. The first-order valence-corrected chi connectivity index (χ1v) is 7.65. The summed E-state index contributed by atoms with van der Waals surface area (Å²) in [6.07, 6.45) is 1.52. The van der Waals surface area contributed by atoms with E-state index in [1.807, 2.05) is 24.3 Å². The van der Waals surface area contributed by atoms with Crippen LogP contribution >= 0.6 is 11.3 Å². The van der Waals surface area contributed by atoms with Crippen molar-refractivity contribution >= 4 is 38.9 Å². The van der Waals surface area contributed by atoms with Gasteiger partial charge in [-0.25, -0.2) is 4.98 Å². The van der Waals surface area contributed by atoms with Crippen LogP contribution in [-0.2, 0) is 4.79 Å². The molecule has 0 bridgehead atoms. The fourth-order valence-corrected chi connectivity index (χ4v) is 3.15. The van der Waals surface area contributed by atoms with Crippen molar-refractivity contribution in [1.29, 1.82) is 5.26 Å². The van der Waals surface area contributed by atoms with Gasteiger partial charge >= 0.3 is 0 Å². The Morgan fingerprint density at radius 3 is 2.65 bits per heavy atom. The van der Waals surface area contributed by atoms with Gasteiger partial charge in [0.15, 0.2) is 11.7 Å². The Bertz CT molecular complexity index is 879. The monoisotopic (exact) mass is 321 g/mol. The number of aromatic nitrogens is 1. The number of carbonyl (C=O) groups excluding carboxylic acids is 2. The number of nitrogens with zero attached hydrogens (tertiary/aromatic N) is 2. The van der Waals surface area contributed by atoms with Gasteiger partial charge in [-0.2, -0.15) is 5.26 Å². The zero-order chi connectivity index (χ0) is 16.2. The molecular formula is C17H11N3O2S. The van der Waals surface area contributed by atoms with Crippen molar-refractivity contribution in [1.82, 2.24) is 4.98 Å². The van der Waals surface area contributed by atoms with Gasteiger partial charge in [-0.05, 0) is 29.7 Å². The zero-order valence-corrected chi connectivity index (χ0v) is 12.7. The molecule has 5 nitrogen and oxygen atoms in total. The molecule has 1 aromatic carbocycles. The lowest BCUT2D eigenvalue weighted by Crippen LogP contribution is -2.28. The van der Waals surface area contributed by atoms with Gasteiger partial charge in [0, 0.05) is 10.9 Å². The lowest BCUT2D eigenvalue weighted by atomic mass is 10.0. The Morgan fingerprint density at radius 2 is 1.96 bits per heavy atom. The number of hydrogen-bond acceptors (Lipinski definition) is 5. The molecule has 23 heavy (non-hydrogen) atoms. The number of rotatable bonds is 4. The molecular weight excluding hydrogens is 310 g/mol. The predicted molar refractivity (Wildman–Crippen MR) is 88.1 cm³/mol. The third kappa shape index (κ3) is 3.10. The molecule has 1 N–H and O–H groups in total. The summed E-state index contributed by atoms with van der Waals surface area (Å²) in [6, 6.07) is 16.0. The normalized spacial score (nSPS) is 11.6. The molecule has 0 aliphatic heterocycles. The SMILES string of the molecule is N#CC(C(=O)Nc1ccccn1)C(=O)c1cc2ccccc2s1. The van der Waals surface area contributed by atoms with E-state index in [1.54, 1.807) is 30.3 Å². The molecule has 2 heterocycles. The van der Waals surface area contributed by atoms with Crippen molar-refractivity contribution in [2.24, 2.45) is 5.92 Å². The minimum atomic E-state index is -1.40. The minimum Gasteiger partial charge on any atom is -0.309 e. The highest BCUT2D eigenvalue weighted by atomic mass is 32.1. The van der Waals surface area contributed by atoms with Gasteiger partial charge in [0.1, 0.15) is 5.82 Å². The quantitative estimate of drug-likeness (QED) is 0.590. The minimum absolute atomic E-state index is 0.307. The van der Waals surface area contributed by atoms with E-state index in [-0.39, 0.29) is 0 Å². The molecule has 0 saturated heterocycles. The number of Topliss-reactive ketones (excluding diaryl/α,β-unsaturated/α-hetero) is 1. The number of amides is 1. The molecule has 0 fully saturated rings. The van der Waals surface area contributed by atoms with Crippen molar-refractivity contribution in [3.8, 4) is 6.07 Å². The number of nitriles is 1. The largest absolute Gasteiger partial charge is 0.309 e. The van der Waals surface area contributed by atoms with Gasteiger partial charge in [-0.3, -0.25) is 9.59 Å². The molecule has 112 valence electrons. The van der Waals surface area contributed by atoms with E-state index in [1.165, 1.54) is 17.5 Å². The highest BCUT2D eigenvalue weighted by Crippen LogP contribution is 2.27. The maximum Gasteiger partial charge on any atom is 0.250 e. The summed E-state index contributed by atoms with van der Waals surface area (Å²) in [7, 11) is 0. The summed E-state index contributed by atoms with van der Waals surface area (Å²) >= 11 is 1.28. The summed E-state index contributed by atoms with van der Waals surface area (Å²) < 4.78 is 0.942.